The number of rotatable bonds is 2. The number of carbonyl (C=O) groups is 2. The predicted molar refractivity (Wildman–Crippen MR) is 94.8 cm³/mol. The highest BCUT2D eigenvalue weighted by atomic mass is 35.5. The van der Waals surface area contributed by atoms with Crippen molar-refractivity contribution in [2.24, 2.45) is 10.3 Å². The molecular formula is C18H15ClN4O2. The van der Waals surface area contributed by atoms with Crippen LogP contribution in [-0.4, -0.2) is 23.9 Å². The highest BCUT2D eigenvalue weighted by Gasteiger charge is 2.55. The minimum Gasteiger partial charge on any atom is -0.271 e. The van der Waals surface area contributed by atoms with Gasteiger partial charge < -0.3 is 0 Å². The number of aryl methyl sites for hydroxylation is 2. The van der Waals surface area contributed by atoms with Crippen LogP contribution in [0.5, 0.6) is 0 Å². The molecule has 2 aromatic carbocycles. The number of halogens is 1. The molecule has 6 nitrogen and oxygen atoms in total. The molecule has 2 unspecified atom stereocenters. The van der Waals surface area contributed by atoms with Gasteiger partial charge in [-0.3, -0.25) is 9.59 Å². The topological polar surface area (TPSA) is 65.3 Å². The van der Waals surface area contributed by atoms with Gasteiger partial charge in [-0.1, -0.05) is 29.0 Å². The molecule has 1 fully saturated rings. The second-order valence-electron chi connectivity index (χ2n) is 6.20. The standard InChI is InChI=1S/C18H15ClN4O2/c1-10-6-7-14(8-11(10)2)23-16-15(20-21-23)17(24)22(18(16)25)13-5-3-4-12(19)9-13/h3-9,15-16H,1-2H3. The fourth-order valence-corrected chi connectivity index (χ4v) is 3.30. The molecule has 2 aromatic rings. The Hall–Kier alpha value is -2.73. The summed E-state index contributed by atoms with van der Waals surface area (Å²) in [5, 5.41) is 10.1. The number of benzene rings is 2. The van der Waals surface area contributed by atoms with Gasteiger partial charge in [0.25, 0.3) is 11.8 Å². The molecule has 4 rings (SSSR count). The molecule has 0 aromatic heterocycles. The second kappa shape index (κ2) is 5.67. The molecule has 2 heterocycles. The third-order valence-corrected chi connectivity index (χ3v) is 4.84. The molecular weight excluding hydrogens is 340 g/mol. The molecule has 2 aliphatic heterocycles. The van der Waals surface area contributed by atoms with Crippen LogP contribution in [0.15, 0.2) is 52.8 Å². The maximum atomic E-state index is 12.9. The monoisotopic (exact) mass is 354 g/mol. The molecule has 126 valence electrons. The molecule has 0 bridgehead atoms. The highest BCUT2D eigenvalue weighted by Crippen LogP contribution is 2.35. The zero-order valence-electron chi connectivity index (χ0n) is 13.7. The van der Waals surface area contributed by atoms with Crippen LogP contribution in [0.1, 0.15) is 11.1 Å². The van der Waals surface area contributed by atoms with E-state index >= 15 is 0 Å². The summed E-state index contributed by atoms with van der Waals surface area (Å²) in [7, 11) is 0. The van der Waals surface area contributed by atoms with Crippen LogP contribution in [0.25, 0.3) is 0 Å². The Balaban J connectivity index is 1.71. The summed E-state index contributed by atoms with van der Waals surface area (Å²) >= 11 is 5.99. The lowest BCUT2D eigenvalue weighted by Crippen LogP contribution is -2.40. The van der Waals surface area contributed by atoms with Crippen molar-refractivity contribution in [3.8, 4) is 0 Å². The summed E-state index contributed by atoms with van der Waals surface area (Å²) in [6.07, 6.45) is 0. The average molecular weight is 355 g/mol. The first-order chi connectivity index (χ1) is 12.0. The Labute approximate surface area is 149 Å². The fraction of sp³-hybridized carbons (Fsp3) is 0.222. The van der Waals surface area contributed by atoms with Gasteiger partial charge in [0.05, 0.1) is 11.4 Å². The largest absolute Gasteiger partial charge is 0.271 e. The average Bonchev–Trinajstić information content (AvgIpc) is 3.11. The Morgan fingerprint density at radius 2 is 1.76 bits per heavy atom. The van der Waals surface area contributed by atoms with Gasteiger partial charge in [0.15, 0.2) is 12.1 Å². The SMILES string of the molecule is Cc1ccc(N2N=NC3C(=O)N(c4cccc(Cl)c4)C(=O)C32)cc1C. The Morgan fingerprint density at radius 1 is 0.960 bits per heavy atom. The summed E-state index contributed by atoms with van der Waals surface area (Å²) in [4.78, 5) is 26.8. The van der Waals surface area contributed by atoms with E-state index in [-0.39, 0.29) is 11.8 Å². The lowest BCUT2D eigenvalue weighted by Gasteiger charge is -2.21. The fourth-order valence-electron chi connectivity index (χ4n) is 3.11. The van der Waals surface area contributed by atoms with E-state index in [0.29, 0.717) is 10.7 Å². The third kappa shape index (κ3) is 2.41. The molecule has 0 spiro atoms. The van der Waals surface area contributed by atoms with E-state index in [9.17, 15) is 9.59 Å². The van der Waals surface area contributed by atoms with Crippen LogP contribution in [0.2, 0.25) is 5.02 Å². The third-order valence-electron chi connectivity index (χ3n) is 4.60. The van der Waals surface area contributed by atoms with Gasteiger partial charge in [-0.2, -0.15) is 5.11 Å². The van der Waals surface area contributed by atoms with Crippen molar-refractivity contribution >= 4 is 34.8 Å². The molecule has 0 aliphatic carbocycles. The summed E-state index contributed by atoms with van der Waals surface area (Å²) in [5.74, 6) is -0.729. The molecule has 25 heavy (non-hydrogen) atoms. The summed E-state index contributed by atoms with van der Waals surface area (Å²) in [6, 6.07) is 10.9. The van der Waals surface area contributed by atoms with Crippen LogP contribution >= 0.6 is 11.6 Å². The maximum Gasteiger partial charge on any atom is 0.263 e. The van der Waals surface area contributed by atoms with Crippen molar-refractivity contribution in [1.82, 2.24) is 0 Å². The Morgan fingerprint density at radius 3 is 2.48 bits per heavy atom. The van der Waals surface area contributed by atoms with E-state index in [2.05, 4.69) is 10.3 Å². The number of hydrogen-bond donors (Lipinski definition) is 0. The number of imide groups is 1. The van der Waals surface area contributed by atoms with E-state index in [1.807, 2.05) is 32.0 Å². The van der Waals surface area contributed by atoms with Crippen LogP contribution in [0.3, 0.4) is 0 Å². The van der Waals surface area contributed by atoms with E-state index in [1.165, 1.54) is 5.01 Å². The van der Waals surface area contributed by atoms with Crippen molar-refractivity contribution in [2.45, 2.75) is 25.9 Å². The van der Waals surface area contributed by atoms with Gasteiger partial charge in [-0.05, 0) is 55.3 Å². The second-order valence-corrected chi connectivity index (χ2v) is 6.64. The molecule has 0 saturated carbocycles. The van der Waals surface area contributed by atoms with Gasteiger partial charge >= 0.3 is 0 Å². The highest BCUT2D eigenvalue weighted by molar-refractivity contribution is 6.31. The van der Waals surface area contributed by atoms with Gasteiger partial charge in [0.1, 0.15) is 0 Å². The van der Waals surface area contributed by atoms with Gasteiger partial charge in [0.2, 0.25) is 0 Å². The molecule has 2 aliphatic rings. The van der Waals surface area contributed by atoms with Gasteiger partial charge in [0, 0.05) is 5.02 Å². The van der Waals surface area contributed by atoms with Crippen molar-refractivity contribution < 1.29 is 9.59 Å². The number of anilines is 2. The van der Waals surface area contributed by atoms with E-state index < -0.39 is 12.1 Å². The molecule has 2 atom stereocenters. The minimum absolute atomic E-state index is 0.347. The predicted octanol–water partition coefficient (Wildman–Crippen LogP) is 3.45. The molecule has 7 heteroatoms. The number of nitrogens with zero attached hydrogens (tertiary/aromatic N) is 4. The Bertz CT molecular complexity index is 927. The van der Waals surface area contributed by atoms with Crippen LogP contribution < -0.4 is 9.91 Å². The quantitative estimate of drug-likeness (QED) is 0.776. The zero-order valence-corrected chi connectivity index (χ0v) is 14.4. The van der Waals surface area contributed by atoms with Crippen molar-refractivity contribution in [1.29, 1.82) is 0 Å². The van der Waals surface area contributed by atoms with Gasteiger partial charge in [-0.25, -0.2) is 9.91 Å². The first-order valence-electron chi connectivity index (χ1n) is 7.88. The number of carbonyl (C=O) groups excluding carboxylic acids is 2. The van der Waals surface area contributed by atoms with E-state index in [4.69, 9.17) is 11.6 Å². The number of fused-ring (bicyclic) bond motifs is 1. The Kier molecular flexibility index (Phi) is 3.58. The summed E-state index contributed by atoms with van der Waals surface area (Å²) in [6.45, 7) is 4.00. The molecule has 0 radical (unpaired) electrons. The van der Waals surface area contributed by atoms with Crippen LogP contribution in [-0.2, 0) is 9.59 Å². The zero-order chi connectivity index (χ0) is 17.7. The molecule has 0 N–H and O–H groups in total. The first-order valence-corrected chi connectivity index (χ1v) is 8.26. The summed E-state index contributed by atoms with van der Waals surface area (Å²) < 4.78 is 0. The van der Waals surface area contributed by atoms with Crippen LogP contribution in [0, 0.1) is 13.8 Å². The smallest absolute Gasteiger partial charge is 0.263 e. The van der Waals surface area contributed by atoms with E-state index in [0.717, 1.165) is 21.7 Å². The number of amides is 2. The summed E-state index contributed by atoms with van der Waals surface area (Å²) in [5.41, 5.74) is 3.42. The van der Waals surface area contributed by atoms with Crippen molar-refractivity contribution in [3.63, 3.8) is 0 Å². The lowest BCUT2D eigenvalue weighted by molar-refractivity contribution is -0.121. The van der Waals surface area contributed by atoms with Crippen LogP contribution in [0.4, 0.5) is 11.4 Å². The first kappa shape index (κ1) is 15.8. The maximum absolute atomic E-state index is 12.9. The van der Waals surface area contributed by atoms with Crippen molar-refractivity contribution in [3.05, 3.63) is 58.6 Å². The van der Waals surface area contributed by atoms with Crippen molar-refractivity contribution in [2.75, 3.05) is 9.91 Å². The van der Waals surface area contributed by atoms with Gasteiger partial charge in [-0.15, -0.1) is 0 Å². The molecule has 1 saturated heterocycles. The molecule has 2 amide bonds. The lowest BCUT2D eigenvalue weighted by atomic mass is 10.1. The number of hydrogen-bond acceptors (Lipinski definition) is 5. The van der Waals surface area contributed by atoms with E-state index in [1.54, 1.807) is 24.3 Å². The minimum atomic E-state index is -0.826. The normalized spacial score (nSPS) is 22.0.